The fraction of sp³-hybridized carbons (Fsp3) is 0.917. The van der Waals surface area contributed by atoms with E-state index in [2.05, 4.69) is 26.1 Å². The number of hydrogen-bond donors (Lipinski definition) is 2. The van der Waals surface area contributed by atoms with Crippen LogP contribution < -0.4 is 11.1 Å². The zero-order valence-electron chi connectivity index (χ0n) is 10.5. The van der Waals surface area contributed by atoms with Gasteiger partial charge in [-0.3, -0.25) is 4.79 Å². The second kappa shape index (κ2) is 7.69. The number of carbonyl (C=O) groups is 1. The Labute approximate surface area is 93.8 Å². The fourth-order valence-corrected chi connectivity index (χ4v) is 1.83. The molecule has 3 heteroatoms. The molecule has 0 bridgehead atoms. The first-order valence-electron chi connectivity index (χ1n) is 6.04. The maximum absolute atomic E-state index is 11.6. The van der Waals surface area contributed by atoms with Gasteiger partial charge in [-0.2, -0.15) is 0 Å². The molecule has 3 nitrogen and oxygen atoms in total. The summed E-state index contributed by atoms with van der Waals surface area (Å²) in [4.78, 5) is 11.6. The maximum Gasteiger partial charge on any atom is 0.220 e. The van der Waals surface area contributed by atoms with Crippen molar-refractivity contribution in [3.05, 3.63) is 0 Å². The highest BCUT2D eigenvalue weighted by molar-refractivity contribution is 5.76. The van der Waals surface area contributed by atoms with Gasteiger partial charge in [0.15, 0.2) is 0 Å². The Morgan fingerprint density at radius 2 is 1.80 bits per heavy atom. The van der Waals surface area contributed by atoms with Crippen LogP contribution in [0, 0.1) is 11.8 Å². The van der Waals surface area contributed by atoms with Crippen LogP contribution >= 0.6 is 0 Å². The van der Waals surface area contributed by atoms with Gasteiger partial charge < -0.3 is 11.1 Å². The smallest absolute Gasteiger partial charge is 0.220 e. The molecular weight excluding hydrogens is 188 g/mol. The van der Waals surface area contributed by atoms with Gasteiger partial charge in [0, 0.05) is 12.5 Å². The summed E-state index contributed by atoms with van der Waals surface area (Å²) in [6.45, 7) is 9.00. The van der Waals surface area contributed by atoms with Crippen molar-refractivity contribution in [2.45, 2.75) is 53.0 Å². The topological polar surface area (TPSA) is 55.1 Å². The van der Waals surface area contributed by atoms with Crippen LogP contribution in [0.15, 0.2) is 0 Å². The molecule has 15 heavy (non-hydrogen) atoms. The number of nitrogens with two attached hydrogens (primary N) is 1. The van der Waals surface area contributed by atoms with Crippen LogP contribution in [0.3, 0.4) is 0 Å². The molecule has 0 spiro atoms. The second-order valence-electron chi connectivity index (χ2n) is 4.48. The molecule has 0 aromatic rings. The normalized spacial score (nSPS) is 15.1. The maximum atomic E-state index is 11.6. The zero-order valence-corrected chi connectivity index (χ0v) is 10.5. The van der Waals surface area contributed by atoms with E-state index in [4.69, 9.17) is 5.73 Å². The molecule has 2 atom stereocenters. The van der Waals surface area contributed by atoms with Crippen molar-refractivity contribution in [2.75, 3.05) is 6.54 Å². The molecule has 0 aliphatic rings. The fourth-order valence-electron chi connectivity index (χ4n) is 1.83. The molecule has 0 aromatic heterocycles. The summed E-state index contributed by atoms with van der Waals surface area (Å²) in [5, 5.41) is 3.05. The van der Waals surface area contributed by atoms with Crippen LogP contribution in [-0.2, 0) is 4.79 Å². The number of carbonyl (C=O) groups excluding carboxylic acids is 1. The molecule has 1 amide bonds. The van der Waals surface area contributed by atoms with Gasteiger partial charge in [-0.05, 0) is 25.3 Å². The minimum Gasteiger partial charge on any atom is -0.353 e. The van der Waals surface area contributed by atoms with Crippen LogP contribution in [0.1, 0.15) is 47.0 Å². The van der Waals surface area contributed by atoms with Crippen molar-refractivity contribution in [2.24, 2.45) is 17.6 Å². The Hall–Kier alpha value is -0.570. The van der Waals surface area contributed by atoms with Gasteiger partial charge in [-0.15, -0.1) is 0 Å². The van der Waals surface area contributed by atoms with E-state index in [9.17, 15) is 4.79 Å². The van der Waals surface area contributed by atoms with Gasteiger partial charge in [0.1, 0.15) is 0 Å². The average Bonchev–Trinajstić information content (AvgIpc) is 2.19. The lowest BCUT2D eigenvalue weighted by Crippen LogP contribution is -2.38. The summed E-state index contributed by atoms with van der Waals surface area (Å²) >= 11 is 0. The molecule has 0 aliphatic heterocycles. The molecule has 0 saturated carbocycles. The van der Waals surface area contributed by atoms with Crippen molar-refractivity contribution in [1.29, 1.82) is 0 Å². The lowest BCUT2D eigenvalue weighted by molar-refractivity contribution is -0.122. The third kappa shape index (κ3) is 5.78. The number of amides is 1. The predicted octanol–water partition coefficient (Wildman–Crippen LogP) is 1.91. The molecule has 0 radical (unpaired) electrons. The van der Waals surface area contributed by atoms with Gasteiger partial charge in [0.25, 0.3) is 0 Å². The molecule has 2 unspecified atom stereocenters. The van der Waals surface area contributed by atoms with E-state index in [1.165, 1.54) is 0 Å². The van der Waals surface area contributed by atoms with E-state index >= 15 is 0 Å². The monoisotopic (exact) mass is 214 g/mol. The Kier molecular flexibility index (Phi) is 7.39. The van der Waals surface area contributed by atoms with Gasteiger partial charge in [0.05, 0.1) is 0 Å². The van der Waals surface area contributed by atoms with Crippen LogP contribution in [0.5, 0.6) is 0 Å². The Morgan fingerprint density at radius 3 is 2.20 bits per heavy atom. The molecule has 0 aromatic carbocycles. The second-order valence-corrected chi connectivity index (χ2v) is 4.48. The lowest BCUT2D eigenvalue weighted by atomic mass is 9.95. The molecule has 0 saturated heterocycles. The van der Waals surface area contributed by atoms with Crippen LogP contribution in [0.4, 0.5) is 0 Å². The standard InChI is InChI=1S/C12H26N2O/c1-5-11(6-2)10(4)14-12(15)7-9(3)8-13/h9-11H,5-8,13H2,1-4H3,(H,14,15). The SMILES string of the molecule is CCC(CC)C(C)NC(=O)CC(C)CN. The van der Waals surface area contributed by atoms with E-state index < -0.39 is 0 Å². The predicted molar refractivity (Wildman–Crippen MR) is 64.5 cm³/mol. The highest BCUT2D eigenvalue weighted by atomic mass is 16.1. The highest BCUT2D eigenvalue weighted by Crippen LogP contribution is 2.13. The van der Waals surface area contributed by atoms with Crippen LogP contribution in [0.2, 0.25) is 0 Å². The van der Waals surface area contributed by atoms with Crippen LogP contribution in [0.25, 0.3) is 0 Å². The van der Waals surface area contributed by atoms with Gasteiger partial charge in [-0.25, -0.2) is 0 Å². The number of rotatable bonds is 7. The van der Waals surface area contributed by atoms with Crippen molar-refractivity contribution >= 4 is 5.91 Å². The third-order valence-electron chi connectivity index (χ3n) is 3.08. The largest absolute Gasteiger partial charge is 0.353 e. The molecule has 0 fully saturated rings. The highest BCUT2D eigenvalue weighted by Gasteiger charge is 2.16. The summed E-state index contributed by atoms with van der Waals surface area (Å²) in [5.74, 6) is 0.994. The number of nitrogens with one attached hydrogen (secondary N) is 1. The van der Waals surface area contributed by atoms with Gasteiger partial charge >= 0.3 is 0 Å². The minimum atomic E-state index is 0.132. The first-order valence-corrected chi connectivity index (χ1v) is 6.04. The van der Waals surface area contributed by atoms with Crippen molar-refractivity contribution in [3.8, 4) is 0 Å². The van der Waals surface area contributed by atoms with Crippen molar-refractivity contribution in [1.82, 2.24) is 5.32 Å². The first kappa shape index (κ1) is 14.4. The molecule has 0 heterocycles. The molecular formula is C12H26N2O. The van der Waals surface area contributed by atoms with E-state index in [0.29, 0.717) is 18.9 Å². The number of hydrogen-bond acceptors (Lipinski definition) is 2. The first-order chi connectivity index (χ1) is 7.04. The van der Waals surface area contributed by atoms with E-state index in [-0.39, 0.29) is 17.9 Å². The summed E-state index contributed by atoms with van der Waals surface area (Å²) < 4.78 is 0. The van der Waals surface area contributed by atoms with Crippen molar-refractivity contribution < 1.29 is 4.79 Å². The van der Waals surface area contributed by atoms with E-state index in [1.54, 1.807) is 0 Å². The third-order valence-corrected chi connectivity index (χ3v) is 3.08. The Bertz CT molecular complexity index is 178. The Balaban J connectivity index is 3.94. The lowest BCUT2D eigenvalue weighted by Gasteiger charge is -2.23. The van der Waals surface area contributed by atoms with E-state index in [1.807, 2.05) is 6.92 Å². The molecule has 3 N–H and O–H groups in total. The molecule has 90 valence electrons. The van der Waals surface area contributed by atoms with Gasteiger partial charge in [0.2, 0.25) is 5.91 Å². The Morgan fingerprint density at radius 1 is 1.27 bits per heavy atom. The quantitative estimate of drug-likeness (QED) is 0.680. The molecule has 0 aliphatic carbocycles. The molecule has 0 rings (SSSR count). The average molecular weight is 214 g/mol. The zero-order chi connectivity index (χ0) is 11.8. The summed E-state index contributed by atoms with van der Waals surface area (Å²) in [6, 6.07) is 0.275. The summed E-state index contributed by atoms with van der Waals surface area (Å²) in [6.07, 6.45) is 2.77. The van der Waals surface area contributed by atoms with Crippen molar-refractivity contribution in [3.63, 3.8) is 0 Å². The van der Waals surface area contributed by atoms with Crippen LogP contribution in [-0.4, -0.2) is 18.5 Å². The summed E-state index contributed by atoms with van der Waals surface area (Å²) in [7, 11) is 0. The summed E-state index contributed by atoms with van der Waals surface area (Å²) in [5.41, 5.74) is 5.48. The minimum absolute atomic E-state index is 0.132. The van der Waals surface area contributed by atoms with Gasteiger partial charge in [-0.1, -0.05) is 33.6 Å². The van der Waals surface area contributed by atoms with E-state index in [0.717, 1.165) is 12.8 Å².